The molecule has 3 heterocycles. The molecule has 5 aromatic rings. The molecule has 1 atom stereocenters. The van der Waals surface area contributed by atoms with Gasteiger partial charge in [0.05, 0.1) is 27.9 Å². The number of aliphatic hydroxyl groups is 1. The van der Waals surface area contributed by atoms with Crippen molar-refractivity contribution in [3.63, 3.8) is 0 Å². The van der Waals surface area contributed by atoms with E-state index in [4.69, 9.17) is 14.2 Å². The summed E-state index contributed by atoms with van der Waals surface area (Å²) in [6.07, 6.45) is 2.87. The molecule has 49 heavy (non-hydrogen) atoms. The molecule has 264 valence electrons. The Morgan fingerprint density at radius 3 is 2.33 bits per heavy atom. The molecule has 0 bridgehead atoms. The second-order valence-corrected chi connectivity index (χ2v) is 16.1. The van der Waals surface area contributed by atoms with Crippen LogP contribution in [0.15, 0.2) is 59.3 Å². The molecule has 11 heteroatoms. The van der Waals surface area contributed by atoms with Crippen LogP contribution in [0.4, 0.5) is 16.3 Å². The molecule has 0 saturated carbocycles. The number of aromatic nitrogens is 3. The smallest absolute Gasteiger partial charge is 0.324 e. The van der Waals surface area contributed by atoms with Crippen LogP contribution in [0.25, 0.3) is 26.4 Å². The minimum absolute atomic E-state index is 0.109. The standard InChI is InChI=1S/C38H52N6O4S/c1-11-37(9,10)38(23-45,36(6,7)8)32-21-33(42-48-32)41-34(46)39-27-14-12-26(13-15-27)29-22-44-30-17-16-28(20-31(30)49-35(44)40-29)47-19-18-43(24(2)3)25(4)5/h12-17,20-22,24-25,45H,11,18-19,23H2,1-10H3,(H2,39,41,42,46). The van der Waals surface area contributed by atoms with Crippen molar-refractivity contribution in [1.82, 2.24) is 19.4 Å². The second-order valence-electron chi connectivity index (χ2n) is 15.1. The van der Waals surface area contributed by atoms with E-state index in [2.05, 4.69) is 106 Å². The third kappa shape index (κ3) is 7.20. The topological polar surface area (TPSA) is 117 Å². The number of nitrogens with one attached hydrogen (secondary N) is 2. The molecule has 0 aliphatic heterocycles. The molecular formula is C38H52N6O4S. The first-order valence-corrected chi connectivity index (χ1v) is 18.0. The predicted octanol–water partition coefficient (Wildman–Crippen LogP) is 9.06. The van der Waals surface area contributed by atoms with Gasteiger partial charge in [-0.3, -0.25) is 14.6 Å². The molecule has 1 unspecified atom stereocenters. The lowest BCUT2D eigenvalue weighted by Gasteiger charge is -2.52. The Kier molecular flexibility index (Phi) is 10.5. The Morgan fingerprint density at radius 1 is 1.02 bits per heavy atom. The Hall–Kier alpha value is -3.93. The number of anilines is 2. The number of ether oxygens (including phenoxy) is 1. The maximum Gasteiger partial charge on any atom is 0.324 e. The van der Waals surface area contributed by atoms with Crippen LogP contribution in [0, 0.1) is 10.8 Å². The number of imidazole rings is 1. The molecule has 0 spiro atoms. The van der Waals surface area contributed by atoms with Gasteiger partial charge in [-0.15, -0.1) is 0 Å². The minimum atomic E-state index is -0.706. The number of rotatable bonds is 13. The van der Waals surface area contributed by atoms with Crippen LogP contribution in [-0.4, -0.2) is 62.4 Å². The summed E-state index contributed by atoms with van der Waals surface area (Å²) in [5, 5.41) is 20.4. The molecule has 0 aliphatic carbocycles. The highest BCUT2D eigenvalue weighted by Crippen LogP contribution is 2.55. The molecule has 3 N–H and O–H groups in total. The summed E-state index contributed by atoms with van der Waals surface area (Å²) in [7, 11) is 0. The van der Waals surface area contributed by atoms with Crippen LogP contribution in [0.3, 0.4) is 0 Å². The van der Waals surface area contributed by atoms with Gasteiger partial charge >= 0.3 is 6.03 Å². The van der Waals surface area contributed by atoms with Crippen molar-refractivity contribution in [3.8, 4) is 17.0 Å². The van der Waals surface area contributed by atoms with E-state index in [0.29, 0.717) is 30.1 Å². The molecule has 5 rings (SSSR count). The van der Waals surface area contributed by atoms with Crippen LogP contribution in [0.2, 0.25) is 0 Å². The van der Waals surface area contributed by atoms with Crippen LogP contribution in [-0.2, 0) is 5.41 Å². The van der Waals surface area contributed by atoms with Crippen molar-refractivity contribution in [2.24, 2.45) is 10.8 Å². The van der Waals surface area contributed by atoms with E-state index in [-0.39, 0.29) is 23.3 Å². The van der Waals surface area contributed by atoms with Crippen LogP contribution in [0.5, 0.6) is 5.75 Å². The summed E-state index contributed by atoms with van der Waals surface area (Å²) < 4.78 is 15.1. The van der Waals surface area contributed by atoms with E-state index >= 15 is 0 Å². The van der Waals surface area contributed by atoms with Crippen molar-refractivity contribution in [2.75, 3.05) is 30.4 Å². The zero-order chi connectivity index (χ0) is 35.7. The number of aliphatic hydroxyl groups excluding tert-OH is 1. The Labute approximate surface area is 293 Å². The Bertz CT molecular complexity index is 1870. The van der Waals surface area contributed by atoms with Crippen molar-refractivity contribution >= 4 is 44.1 Å². The second kappa shape index (κ2) is 14.1. The van der Waals surface area contributed by atoms with E-state index in [1.54, 1.807) is 17.4 Å². The van der Waals surface area contributed by atoms with E-state index in [0.717, 1.165) is 45.1 Å². The number of fused-ring (bicyclic) bond motifs is 3. The zero-order valence-electron chi connectivity index (χ0n) is 30.5. The maximum atomic E-state index is 12.9. The molecule has 3 aromatic heterocycles. The molecule has 0 aliphatic rings. The number of benzene rings is 2. The SMILES string of the molecule is CCC(C)(C)C(CO)(c1cc(NC(=O)Nc2ccc(-c3cn4c(n3)sc3cc(OCCN(C(C)C)C(C)C)ccc34)cc2)no1)C(C)(C)C. The van der Waals surface area contributed by atoms with Gasteiger partial charge in [-0.1, -0.05) is 70.2 Å². The van der Waals surface area contributed by atoms with Gasteiger partial charge in [0, 0.05) is 42.1 Å². The summed E-state index contributed by atoms with van der Waals surface area (Å²) in [5.74, 6) is 1.70. The average molecular weight is 689 g/mol. The summed E-state index contributed by atoms with van der Waals surface area (Å²) in [4.78, 5) is 21.1. The largest absolute Gasteiger partial charge is 0.492 e. The number of carbonyl (C=O) groups is 1. The van der Waals surface area contributed by atoms with Gasteiger partial charge in [-0.05, 0) is 75.3 Å². The summed E-state index contributed by atoms with van der Waals surface area (Å²) in [6, 6.07) is 16.0. The molecule has 10 nitrogen and oxygen atoms in total. The molecular weight excluding hydrogens is 637 g/mol. The summed E-state index contributed by atoms with van der Waals surface area (Å²) >= 11 is 1.63. The fourth-order valence-corrected chi connectivity index (χ4v) is 8.22. The van der Waals surface area contributed by atoms with Crippen molar-refractivity contribution < 1.29 is 19.2 Å². The van der Waals surface area contributed by atoms with Gasteiger partial charge in [0.25, 0.3) is 0 Å². The first-order valence-electron chi connectivity index (χ1n) is 17.2. The normalized spacial score (nSPS) is 13.9. The highest BCUT2D eigenvalue weighted by Gasteiger charge is 2.55. The monoisotopic (exact) mass is 688 g/mol. The van der Waals surface area contributed by atoms with E-state index in [1.165, 1.54) is 0 Å². The lowest BCUT2D eigenvalue weighted by molar-refractivity contribution is -0.0338. The van der Waals surface area contributed by atoms with Crippen molar-refractivity contribution in [1.29, 1.82) is 0 Å². The number of thiazole rings is 1. The molecule has 2 amide bonds. The Morgan fingerprint density at radius 2 is 1.71 bits per heavy atom. The number of urea groups is 1. The molecule has 2 aromatic carbocycles. The fourth-order valence-electron chi connectivity index (χ4n) is 7.18. The minimum Gasteiger partial charge on any atom is -0.492 e. The molecule has 0 fully saturated rings. The lowest BCUT2D eigenvalue weighted by atomic mass is 9.52. The molecule has 0 radical (unpaired) electrons. The zero-order valence-corrected chi connectivity index (χ0v) is 31.4. The number of hydrogen-bond donors (Lipinski definition) is 3. The third-order valence-corrected chi connectivity index (χ3v) is 11.2. The van der Waals surface area contributed by atoms with Gasteiger partial charge in [0.1, 0.15) is 18.1 Å². The maximum absolute atomic E-state index is 12.9. The average Bonchev–Trinajstić information content (AvgIpc) is 3.74. The van der Waals surface area contributed by atoms with Gasteiger partial charge in [0.15, 0.2) is 10.8 Å². The van der Waals surface area contributed by atoms with Gasteiger partial charge < -0.3 is 19.7 Å². The van der Waals surface area contributed by atoms with Crippen molar-refractivity contribution in [3.05, 3.63) is 60.5 Å². The fraction of sp³-hybridized carbons (Fsp3) is 0.500. The Balaban J connectivity index is 1.23. The van der Waals surface area contributed by atoms with E-state index < -0.39 is 11.4 Å². The third-order valence-electron chi connectivity index (χ3n) is 10.2. The van der Waals surface area contributed by atoms with Gasteiger partial charge in [-0.2, -0.15) is 0 Å². The number of carbonyl (C=O) groups excluding carboxylic acids is 1. The van der Waals surface area contributed by atoms with E-state index in [9.17, 15) is 9.90 Å². The highest BCUT2D eigenvalue weighted by atomic mass is 32.1. The van der Waals surface area contributed by atoms with Crippen LogP contribution >= 0.6 is 11.3 Å². The first kappa shape index (κ1) is 36.4. The first-order chi connectivity index (χ1) is 23.1. The lowest BCUT2D eigenvalue weighted by Crippen LogP contribution is -2.54. The number of hydrogen-bond acceptors (Lipinski definition) is 8. The van der Waals surface area contributed by atoms with E-state index in [1.807, 2.05) is 36.5 Å². The number of nitrogens with zero attached hydrogens (tertiary/aromatic N) is 4. The van der Waals surface area contributed by atoms with Gasteiger partial charge in [-0.25, -0.2) is 9.78 Å². The quantitative estimate of drug-likeness (QED) is 0.113. The van der Waals surface area contributed by atoms with Crippen LogP contribution < -0.4 is 15.4 Å². The van der Waals surface area contributed by atoms with Crippen LogP contribution in [0.1, 0.15) is 81.4 Å². The number of amides is 2. The summed E-state index contributed by atoms with van der Waals surface area (Å²) in [5.41, 5.74) is 2.17. The van der Waals surface area contributed by atoms with Gasteiger partial charge in [0.2, 0.25) is 0 Å². The molecule has 0 saturated heterocycles. The highest BCUT2D eigenvalue weighted by molar-refractivity contribution is 7.23. The van der Waals surface area contributed by atoms with Crippen molar-refractivity contribution in [2.45, 2.75) is 93.2 Å². The predicted molar refractivity (Wildman–Crippen MR) is 200 cm³/mol. The summed E-state index contributed by atoms with van der Waals surface area (Å²) in [6.45, 7) is 22.9.